The summed E-state index contributed by atoms with van der Waals surface area (Å²) in [4.78, 5) is 0. The Morgan fingerprint density at radius 3 is 2.24 bits per heavy atom. The Morgan fingerprint density at radius 2 is 1.30 bits per heavy atom. The topological polar surface area (TPSA) is 0 Å². The van der Waals surface area contributed by atoms with Crippen molar-refractivity contribution in [2.24, 2.45) is 0 Å². The minimum Gasteiger partial charge on any atom is -0.144 e. The van der Waals surface area contributed by atoms with Crippen LogP contribution in [0.25, 0.3) is 73.0 Å². The molecule has 0 spiro atoms. The van der Waals surface area contributed by atoms with Gasteiger partial charge in [-0.1, -0.05) is 48.5 Å². The van der Waals surface area contributed by atoms with Gasteiger partial charge in [-0.2, -0.15) is 0 Å². The number of hydrogen-bond acceptors (Lipinski definition) is 3. The average Bonchev–Trinajstić information content (AvgIpc) is 3.58. The van der Waals surface area contributed by atoms with Crippen molar-refractivity contribution >= 4 is 95.9 Å². The summed E-state index contributed by atoms with van der Waals surface area (Å²) in [5, 5.41) is 15.4. The zero-order chi connectivity index (χ0) is 21.5. The Kier molecular flexibility index (Phi) is 3.67. The fraction of sp³-hybridized carbons (Fsp3) is 0. The maximum atomic E-state index is 2.42. The van der Waals surface area contributed by atoms with Gasteiger partial charge in [-0.05, 0) is 74.3 Å². The van der Waals surface area contributed by atoms with Gasteiger partial charge in [0.2, 0.25) is 0 Å². The summed E-state index contributed by atoms with van der Waals surface area (Å²) in [5.41, 5.74) is 2.68. The lowest BCUT2D eigenvalue weighted by molar-refractivity contribution is 1.80. The molecule has 33 heavy (non-hydrogen) atoms. The number of hydrogen-bond donors (Lipinski definition) is 0. The van der Waals surface area contributed by atoms with Crippen molar-refractivity contribution in [2.75, 3.05) is 0 Å². The third kappa shape index (κ3) is 2.50. The summed E-state index contributed by atoms with van der Waals surface area (Å²) in [6.07, 6.45) is 0. The summed E-state index contributed by atoms with van der Waals surface area (Å²) < 4.78 is 5.45. The van der Waals surface area contributed by atoms with Crippen LogP contribution in [0.2, 0.25) is 0 Å². The van der Waals surface area contributed by atoms with Gasteiger partial charge >= 0.3 is 0 Å². The summed E-state index contributed by atoms with van der Waals surface area (Å²) in [7, 11) is 0. The molecule has 0 unspecified atom stereocenters. The minimum absolute atomic E-state index is 1.33. The van der Waals surface area contributed by atoms with Crippen molar-refractivity contribution in [2.45, 2.75) is 0 Å². The van der Waals surface area contributed by atoms with Gasteiger partial charge in [0.15, 0.2) is 0 Å². The quantitative estimate of drug-likeness (QED) is 0.208. The predicted molar refractivity (Wildman–Crippen MR) is 151 cm³/mol. The van der Waals surface area contributed by atoms with E-state index in [0.717, 1.165) is 0 Å². The molecule has 3 aromatic heterocycles. The lowest BCUT2D eigenvalue weighted by Gasteiger charge is -2.12. The summed E-state index contributed by atoms with van der Waals surface area (Å²) in [6.45, 7) is 0. The smallest absolute Gasteiger partial charge is 0.0440 e. The van der Waals surface area contributed by atoms with E-state index in [2.05, 4.69) is 95.7 Å². The molecule has 8 rings (SSSR count). The number of rotatable bonds is 1. The van der Waals surface area contributed by atoms with Crippen LogP contribution in [0, 0.1) is 0 Å². The van der Waals surface area contributed by atoms with Crippen LogP contribution in [-0.4, -0.2) is 0 Å². The first kappa shape index (κ1) is 18.2. The molecule has 0 aliphatic heterocycles. The molecule has 3 heterocycles. The van der Waals surface area contributed by atoms with E-state index in [1.165, 1.54) is 73.0 Å². The van der Waals surface area contributed by atoms with Crippen molar-refractivity contribution < 1.29 is 0 Å². The third-order valence-electron chi connectivity index (χ3n) is 6.80. The lowest BCUT2D eigenvalue weighted by Crippen LogP contribution is -1.85. The van der Waals surface area contributed by atoms with E-state index in [0.29, 0.717) is 0 Å². The molecule has 8 aromatic rings. The second kappa shape index (κ2) is 6.64. The first-order valence-electron chi connectivity index (χ1n) is 11.0. The maximum absolute atomic E-state index is 2.42. The second-order valence-electron chi connectivity index (χ2n) is 8.56. The van der Waals surface area contributed by atoms with Crippen LogP contribution in [-0.2, 0) is 0 Å². The monoisotopic (exact) mass is 472 g/mol. The standard InChI is InChI=1S/C30H16S3/c1-3-7-26-20(6-1)25(16-32-26)24-14-18-15-28-17(11-12-31-28)13-23(18)29-21(24)9-10-22-19-5-2-4-8-27(19)33-30(22)29/h1-16H. The minimum atomic E-state index is 1.33. The molecule has 0 nitrogen and oxygen atoms in total. The van der Waals surface area contributed by atoms with E-state index in [9.17, 15) is 0 Å². The zero-order valence-electron chi connectivity index (χ0n) is 17.5. The molecule has 0 atom stereocenters. The number of fused-ring (bicyclic) bond motifs is 9. The van der Waals surface area contributed by atoms with Crippen molar-refractivity contribution in [1.29, 1.82) is 0 Å². The molecule has 0 aliphatic carbocycles. The fourth-order valence-corrected chi connectivity index (χ4v) is 8.33. The molecule has 5 aromatic carbocycles. The summed E-state index contributed by atoms with van der Waals surface area (Å²) >= 11 is 5.59. The van der Waals surface area contributed by atoms with Crippen LogP contribution >= 0.6 is 34.0 Å². The van der Waals surface area contributed by atoms with Gasteiger partial charge in [-0.25, -0.2) is 0 Å². The van der Waals surface area contributed by atoms with E-state index in [1.807, 2.05) is 34.0 Å². The Balaban J connectivity index is 1.63. The molecular formula is C30H16S3. The Bertz CT molecular complexity index is 2030. The number of thiophene rings is 3. The first-order chi connectivity index (χ1) is 16.3. The first-order valence-corrected chi connectivity index (χ1v) is 13.6. The van der Waals surface area contributed by atoms with Crippen LogP contribution < -0.4 is 0 Å². The lowest BCUT2D eigenvalue weighted by atomic mass is 9.91. The van der Waals surface area contributed by atoms with Gasteiger partial charge in [-0.3, -0.25) is 0 Å². The van der Waals surface area contributed by atoms with Crippen molar-refractivity contribution in [1.82, 2.24) is 0 Å². The largest absolute Gasteiger partial charge is 0.144 e. The van der Waals surface area contributed by atoms with E-state index >= 15 is 0 Å². The van der Waals surface area contributed by atoms with Crippen molar-refractivity contribution in [3.63, 3.8) is 0 Å². The molecule has 0 bridgehead atoms. The van der Waals surface area contributed by atoms with Gasteiger partial charge in [0.05, 0.1) is 0 Å². The molecule has 0 saturated carbocycles. The highest BCUT2D eigenvalue weighted by molar-refractivity contribution is 7.26. The van der Waals surface area contributed by atoms with Crippen molar-refractivity contribution in [3.05, 3.63) is 95.7 Å². The van der Waals surface area contributed by atoms with Crippen LogP contribution in [0.4, 0.5) is 0 Å². The van der Waals surface area contributed by atoms with Gasteiger partial charge in [0, 0.05) is 45.9 Å². The van der Waals surface area contributed by atoms with E-state index in [4.69, 9.17) is 0 Å². The second-order valence-corrected chi connectivity index (χ2v) is 11.5. The third-order valence-corrected chi connectivity index (χ3v) is 9.85. The molecule has 0 saturated heterocycles. The van der Waals surface area contributed by atoms with Gasteiger partial charge in [0.25, 0.3) is 0 Å². The highest BCUT2D eigenvalue weighted by atomic mass is 32.1. The molecular weight excluding hydrogens is 457 g/mol. The highest BCUT2D eigenvalue weighted by Crippen LogP contribution is 2.46. The number of benzene rings is 5. The summed E-state index contributed by atoms with van der Waals surface area (Å²) in [6, 6.07) is 31.7. The van der Waals surface area contributed by atoms with Crippen molar-refractivity contribution in [3.8, 4) is 11.1 Å². The van der Waals surface area contributed by atoms with E-state index in [-0.39, 0.29) is 0 Å². The van der Waals surface area contributed by atoms with Crippen LogP contribution in [0.1, 0.15) is 0 Å². The Labute approximate surface area is 201 Å². The molecule has 0 N–H and O–H groups in total. The fourth-order valence-electron chi connectivity index (χ4n) is 5.28. The molecule has 0 fully saturated rings. The van der Waals surface area contributed by atoms with Gasteiger partial charge in [-0.15, -0.1) is 34.0 Å². The van der Waals surface area contributed by atoms with Gasteiger partial charge < -0.3 is 0 Å². The van der Waals surface area contributed by atoms with Gasteiger partial charge in [0.1, 0.15) is 0 Å². The zero-order valence-corrected chi connectivity index (χ0v) is 19.9. The van der Waals surface area contributed by atoms with Crippen LogP contribution in [0.5, 0.6) is 0 Å². The molecule has 154 valence electrons. The Hall–Kier alpha value is -3.24. The molecule has 0 amide bonds. The van der Waals surface area contributed by atoms with E-state index in [1.54, 1.807) is 0 Å². The molecule has 3 heteroatoms. The van der Waals surface area contributed by atoms with Crippen LogP contribution in [0.3, 0.4) is 0 Å². The highest BCUT2D eigenvalue weighted by Gasteiger charge is 2.17. The van der Waals surface area contributed by atoms with E-state index < -0.39 is 0 Å². The SMILES string of the molecule is c1ccc2c(-c3cc4cc5sccc5cc4c4c3ccc3c5ccccc5sc34)csc2c1. The summed E-state index contributed by atoms with van der Waals surface area (Å²) in [5.74, 6) is 0. The van der Waals surface area contributed by atoms with Crippen LogP contribution in [0.15, 0.2) is 95.7 Å². The normalized spacial score (nSPS) is 12.2. The predicted octanol–water partition coefficient (Wildman–Crippen LogP) is 10.5. The maximum Gasteiger partial charge on any atom is 0.0440 e. The Morgan fingerprint density at radius 1 is 0.485 bits per heavy atom. The molecule has 0 radical (unpaired) electrons. The molecule has 0 aliphatic rings. The average molecular weight is 473 g/mol.